The number of nitro groups is 1. The summed E-state index contributed by atoms with van der Waals surface area (Å²) >= 11 is 7.31. The third-order valence-electron chi connectivity index (χ3n) is 3.02. The highest BCUT2D eigenvalue weighted by molar-refractivity contribution is 7.99. The lowest BCUT2D eigenvalue weighted by molar-refractivity contribution is -0.384. The van der Waals surface area contributed by atoms with Crippen LogP contribution in [0.5, 0.6) is 0 Å². The van der Waals surface area contributed by atoms with Crippen molar-refractivity contribution in [2.45, 2.75) is 18.7 Å². The van der Waals surface area contributed by atoms with E-state index in [9.17, 15) is 20.0 Å². The molecule has 0 saturated heterocycles. The van der Waals surface area contributed by atoms with Gasteiger partial charge in [-0.3, -0.25) is 10.1 Å². The van der Waals surface area contributed by atoms with Crippen molar-refractivity contribution in [2.75, 3.05) is 25.4 Å². The predicted octanol–water partition coefficient (Wildman–Crippen LogP) is 3.38. The lowest BCUT2D eigenvalue weighted by Gasteiger charge is -2.17. The zero-order valence-corrected chi connectivity index (χ0v) is 13.4. The van der Waals surface area contributed by atoms with E-state index in [1.807, 2.05) is 0 Å². The molecule has 0 saturated carbocycles. The molecule has 0 aliphatic carbocycles. The van der Waals surface area contributed by atoms with E-state index < -0.39 is 10.9 Å². The Hall–Kier alpha value is -1.31. The van der Waals surface area contributed by atoms with E-state index in [1.54, 1.807) is 0 Å². The summed E-state index contributed by atoms with van der Waals surface area (Å²) in [7, 11) is 0. The summed E-state index contributed by atoms with van der Waals surface area (Å²) in [5.74, 6) is -0.551. The summed E-state index contributed by atoms with van der Waals surface area (Å²) in [5.41, 5.74) is -0.441. The van der Waals surface area contributed by atoms with Crippen LogP contribution in [0, 0.1) is 10.1 Å². The highest BCUT2D eigenvalue weighted by atomic mass is 35.5. The summed E-state index contributed by atoms with van der Waals surface area (Å²) in [5, 5.41) is 20.1. The van der Waals surface area contributed by atoms with Crippen molar-refractivity contribution < 1.29 is 14.8 Å². The van der Waals surface area contributed by atoms with Crippen molar-refractivity contribution in [1.82, 2.24) is 4.90 Å². The van der Waals surface area contributed by atoms with Gasteiger partial charge in [-0.25, -0.2) is 4.79 Å². The minimum Gasteiger partial charge on any atom is -0.478 e. The number of carboxylic acid groups (broad SMARTS) is 1. The van der Waals surface area contributed by atoms with Crippen LogP contribution in [-0.4, -0.2) is 46.3 Å². The molecule has 0 atom stereocenters. The SMILES string of the molecule is CCN(CC)CCSc1c(Cl)cc([N+](=O)[O-])cc1C(=O)O. The van der Waals surface area contributed by atoms with Gasteiger partial charge in [0.2, 0.25) is 0 Å². The van der Waals surface area contributed by atoms with E-state index in [0.717, 1.165) is 25.7 Å². The van der Waals surface area contributed by atoms with E-state index in [1.165, 1.54) is 17.8 Å². The first-order valence-electron chi connectivity index (χ1n) is 6.47. The summed E-state index contributed by atoms with van der Waals surface area (Å²) in [6.45, 7) is 6.73. The monoisotopic (exact) mass is 332 g/mol. The quantitative estimate of drug-likeness (QED) is 0.446. The number of nitrogens with zero attached hydrogens (tertiary/aromatic N) is 2. The summed E-state index contributed by atoms with van der Waals surface area (Å²) in [4.78, 5) is 23.9. The van der Waals surface area contributed by atoms with E-state index in [-0.39, 0.29) is 16.3 Å². The van der Waals surface area contributed by atoms with Crippen molar-refractivity contribution in [1.29, 1.82) is 0 Å². The Bertz CT molecular complexity index is 535. The molecule has 0 amide bonds. The Labute approximate surface area is 132 Å². The molecule has 116 valence electrons. The van der Waals surface area contributed by atoms with Crippen LogP contribution in [0.15, 0.2) is 17.0 Å². The summed E-state index contributed by atoms with van der Waals surface area (Å²) in [6.07, 6.45) is 0. The zero-order chi connectivity index (χ0) is 16.0. The maximum absolute atomic E-state index is 11.3. The van der Waals surface area contributed by atoms with Gasteiger partial charge in [0.05, 0.1) is 15.5 Å². The van der Waals surface area contributed by atoms with Crippen LogP contribution in [0.4, 0.5) is 5.69 Å². The Morgan fingerprint density at radius 3 is 2.52 bits per heavy atom. The number of hydrogen-bond acceptors (Lipinski definition) is 5. The molecule has 0 unspecified atom stereocenters. The molecule has 1 aromatic carbocycles. The van der Waals surface area contributed by atoms with Crippen LogP contribution in [0.2, 0.25) is 5.02 Å². The fraction of sp³-hybridized carbons (Fsp3) is 0.462. The maximum Gasteiger partial charge on any atom is 0.337 e. The molecule has 1 aromatic rings. The average Bonchev–Trinajstić information content (AvgIpc) is 2.44. The Balaban J connectivity index is 2.95. The van der Waals surface area contributed by atoms with Gasteiger partial charge in [-0.15, -0.1) is 11.8 Å². The molecule has 1 rings (SSSR count). The van der Waals surface area contributed by atoms with Gasteiger partial charge in [0.1, 0.15) is 0 Å². The van der Waals surface area contributed by atoms with Gasteiger partial charge in [-0.2, -0.15) is 0 Å². The molecule has 0 aliphatic heterocycles. The minimum atomic E-state index is -1.22. The first-order chi connectivity index (χ1) is 9.90. The third kappa shape index (κ3) is 4.87. The number of carbonyl (C=O) groups is 1. The van der Waals surface area contributed by atoms with Gasteiger partial charge >= 0.3 is 5.97 Å². The predicted molar refractivity (Wildman–Crippen MR) is 83.6 cm³/mol. The lowest BCUT2D eigenvalue weighted by Crippen LogP contribution is -2.25. The molecule has 6 nitrogen and oxygen atoms in total. The van der Waals surface area contributed by atoms with Crippen molar-refractivity contribution in [2.24, 2.45) is 0 Å². The minimum absolute atomic E-state index is 0.103. The molecule has 0 spiro atoms. The Morgan fingerprint density at radius 2 is 2.05 bits per heavy atom. The molecule has 8 heteroatoms. The molecular formula is C13H17ClN2O4S. The van der Waals surface area contributed by atoms with E-state index in [0.29, 0.717) is 10.6 Å². The van der Waals surface area contributed by atoms with Gasteiger partial charge in [0.15, 0.2) is 0 Å². The fourth-order valence-electron chi connectivity index (χ4n) is 1.81. The molecule has 0 aromatic heterocycles. The second-order valence-corrected chi connectivity index (χ2v) is 5.75. The molecule has 21 heavy (non-hydrogen) atoms. The van der Waals surface area contributed by atoms with Gasteiger partial charge in [0, 0.05) is 29.3 Å². The van der Waals surface area contributed by atoms with Gasteiger partial charge in [-0.1, -0.05) is 25.4 Å². The second kappa shape index (κ2) is 8.21. The first-order valence-corrected chi connectivity index (χ1v) is 7.83. The van der Waals surface area contributed by atoms with Crippen LogP contribution in [-0.2, 0) is 0 Å². The number of hydrogen-bond donors (Lipinski definition) is 1. The lowest BCUT2D eigenvalue weighted by atomic mass is 10.2. The number of non-ortho nitro benzene ring substituents is 1. The van der Waals surface area contributed by atoms with Crippen LogP contribution in [0.3, 0.4) is 0 Å². The normalized spacial score (nSPS) is 10.9. The standard InChI is InChI=1S/C13H17ClN2O4S/c1-3-15(4-2)5-6-21-12-10(13(17)18)7-9(16(19)20)8-11(12)14/h7-8H,3-6H2,1-2H3,(H,17,18). The maximum atomic E-state index is 11.3. The van der Waals surface area contributed by atoms with Crippen molar-refractivity contribution in [3.63, 3.8) is 0 Å². The molecule has 0 aliphatic rings. The zero-order valence-electron chi connectivity index (χ0n) is 11.8. The fourth-order valence-corrected chi connectivity index (χ4v) is 3.24. The molecule has 0 fully saturated rings. The van der Waals surface area contributed by atoms with Crippen LogP contribution in [0.25, 0.3) is 0 Å². The first kappa shape index (κ1) is 17.7. The van der Waals surface area contributed by atoms with Gasteiger partial charge in [-0.05, 0) is 13.1 Å². The van der Waals surface area contributed by atoms with Gasteiger partial charge < -0.3 is 10.0 Å². The smallest absolute Gasteiger partial charge is 0.337 e. The Kier molecular flexibility index (Phi) is 6.94. The van der Waals surface area contributed by atoms with Crippen molar-refractivity contribution in [3.05, 3.63) is 32.8 Å². The summed E-state index contributed by atoms with van der Waals surface area (Å²) < 4.78 is 0. The van der Waals surface area contributed by atoms with E-state index >= 15 is 0 Å². The van der Waals surface area contributed by atoms with Crippen molar-refractivity contribution >= 4 is 35.0 Å². The highest BCUT2D eigenvalue weighted by Gasteiger charge is 2.20. The van der Waals surface area contributed by atoms with Crippen LogP contribution in [0.1, 0.15) is 24.2 Å². The van der Waals surface area contributed by atoms with Gasteiger partial charge in [0.25, 0.3) is 5.69 Å². The van der Waals surface area contributed by atoms with Crippen LogP contribution >= 0.6 is 23.4 Å². The molecule has 1 N–H and O–H groups in total. The number of rotatable bonds is 8. The second-order valence-electron chi connectivity index (χ2n) is 4.24. The molecule has 0 bridgehead atoms. The highest BCUT2D eigenvalue weighted by Crippen LogP contribution is 2.34. The largest absolute Gasteiger partial charge is 0.478 e. The number of benzene rings is 1. The number of thioether (sulfide) groups is 1. The van der Waals surface area contributed by atoms with Crippen LogP contribution < -0.4 is 0 Å². The molecule has 0 heterocycles. The average molecular weight is 333 g/mol. The third-order valence-corrected chi connectivity index (χ3v) is 4.54. The number of carboxylic acids is 1. The number of halogens is 1. The molecule has 0 radical (unpaired) electrons. The number of nitro benzene ring substituents is 1. The molecular weight excluding hydrogens is 316 g/mol. The number of aromatic carboxylic acids is 1. The van der Waals surface area contributed by atoms with Crippen molar-refractivity contribution in [3.8, 4) is 0 Å². The topological polar surface area (TPSA) is 83.7 Å². The van der Waals surface area contributed by atoms with E-state index in [2.05, 4.69) is 18.7 Å². The Morgan fingerprint density at radius 1 is 1.43 bits per heavy atom. The van der Waals surface area contributed by atoms with E-state index in [4.69, 9.17) is 11.6 Å². The summed E-state index contributed by atoms with van der Waals surface area (Å²) in [6, 6.07) is 2.24.